The Labute approximate surface area is 103 Å². The molecule has 17 heavy (non-hydrogen) atoms. The third kappa shape index (κ3) is 2.69. The fourth-order valence-corrected chi connectivity index (χ4v) is 2.12. The van der Waals surface area contributed by atoms with Crippen molar-refractivity contribution in [2.45, 2.75) is 45.9 Å². The van der Waals surface area contributed by atoms with E-state index < -0.39 is 0 Å². The van der Waals surface area contributed by atoms with Gasteiger partial charge in [-0.2, -0.15) is 5.10 Å². The van der Waals surface area contributed by atoms with Crippen LogP contribution in [0.15, 0.2) is 24.5 Å². The summed E-state index contributed by atoms with van der Waals surface area (Å²) in [6, 6.07) is 0. The largest absolute Gasteiger partial charge is 0.364 e. The third-order valence-corrected chi connectivity index (χ3v) is 3.09. The predicted octanol–water partition coefficient (Wildman–Crippen LogP) is 2.31. The van der Waals surface area contributed by atoms with Crippen LogP contribution in [0, 0.1) is 0 Å². The lowest BCUT2D eigenvalue weighted by molar-refractivity contribution is 0.145. The summed E-state index contributed by atoms with van der Waals surface area (Å²) >= 11 is 0. The number of aryl methyl sites for hydroxylation is 1. The van der Waals surface area contributed by atoms with E-state index in [9.17, 15) is 0 Å². The van der Waals surface area contributed by atoms with Crippen molar-refractivity contribution in [3.05, 3.63) is 24.5 Å². The molecule has 0 aliphatic carbocycles. The van der Waals surface area contributed by atoms with Crippen molar-refractivity contribution in [3.8, 4) is 0 Å². The summed E-state index contributed by atoms with van der Waals surface area (Å²) in [7, 11) is 0. The number of anilines is 1. The van der Waals surface area contributed by atoms with Gasteiger partial charge in [0, 0.05) is 24.8 Å². The van der Waals surface area contributed by atoms with E-state index >= 15 is 0 Å². The molecule has 0 spiro atoms. The van der Waals surface area contributed by atoms with Gasteiger partial charge >= 0.3 is 0 Å². The monoisotopic (exact) mass is 234 g/mol. The Kier molecular flexibility index (Phi) is 3.24. The summed E-state index contributed by atoms with van der Waals surface area (Å²) in [5.74, 6) is 0. The highest BCUT2D eigenvalue weighted by molar-refractivity contribution is 5.41. The van der Waals surface area contributed by atoms with Crippen LogP contribution in [0.4, 0.5) is 5.69 Å². The zero-order chi connectivity index (χ0) is 12.5. The van der Waals surface area contributed by atoms with Crippen LogP contribution in [-0.2, 0) is 6.54 Å². The lowest BCUT2D eigenvalue weighted by atomic mass is 10.1. The van der Waals surface area contributed by atoms with Crippen LogP contribution in [-0.4, -0.2) is 32.9 Å². The first-order chi connectivity index (χ1) is 8.00. The van der Waals surface area contributed by atoms with Crippen LogP contribution in [0.3, 0.4) is 0 Å². The zero-order valence-electron chi connectivity index (χ0n) is 11.1. The van der Waals surface area contributed by atoms with Crippen molar-refractivity contribution in [2.75, 3.05) is 11.9 Å². The van der Waals surface area contributed by atoms with E-state index in [4.69, 9.17) is 0 Å². The Balaban J connectivity index is 2.05. The Morgan fingerprint density at radius 2 is 2.24 bits per heavy atom. The standard InChI is InChI=1S/C13H22N4/c1-5-16-10-11(9-14-16)15-12-7-6-8-17(12)13(2,3)4/h6-7,9-10,12,15H,5,8H2,1-4H3. The van der Waals surface area contributed by atoms with Crippen molar-refractivity contribution in [2.24, 2.45) is 0 Å². The molecule has 2 rings (SSSR count). The van der Waals surface area contributed by atoms with Gasteiger partial charge in [-0.25, -0.2) is 0 Å². The summed E-state index contributed by atoms with van der Waals surface area (Å²) in [4.78, 5) is 2.43. The molecule has 0 amide bonds. The first kappa shape index (κ1) is 12.2. The van der Waals surface area contributed by atoms with Gasteiger partial charge in [0.25, 0.3) is 0 Å². The van der Waals surface area contributed by atoms with E-state index in [2.05, 4.69) is 55.2 Å². The minimum absolute atomic E-state index is 0.169. The number of hydrogen-bond acceptors (Lipinski definition) is 3. The zero-order valence-corrected chi connectivity index (χ0v) is 11.1. The smallest absolute Gasteiger partial charge is 0.0994 e. The highest BCUT2D eigenvalue weighted by Gasteiger charge is 2.29. The summed E-state index contributed by atoms with van der Waals surface area (Å²) < 4.78 is 1.93. The van der Waals surface area contributed by atoms with Gasteiger partial charge in [-0.05, 0) is 27.7 Å². The average Bonchev–Trinajstić information content (AvgIpc) is 2.85. The molecule has 4 nitrogen and oxygen atoms in total. The molecule has 0 saturated heterocycles. The maximum atomic E-state index is 4.28. The van der Waals surface area contributed by atoms with Crippen LogP contribution < -0.4 is 5.32 Å². The summed E-state index contributed by atoms with van der Waals surface area (Å²) in [6.07, 6.45) is 8.63. The fourth-order valence-electron chi connectivity index (χ4n) is 2.12. The van der Waals surface area contributed by atoms with Crippen LogP contribution in [0.1, 0.15) is 27.7 Å². The van der Waals surface area contributed by atoms with E-state index in [-0.39, 0.29) is 11.7 Å². The molecule has 1 unspecified atom stereocenters. The van der Waals surface area contributed by atoms with Crippen LogP contribution in [0.25, 0.3) is 0 Å². The van der Waals surface area contributed by atoms with Gasteiger partial charge in [0.15, 0.2) is 0 Å². The Bertz CT molecular complexity index is 400. The lowest BCUT2D eigenvalue weighted by Gasteiger charge is -2.37. The third-order valence-electron chi connectivity index (χ3n) is 3.09. The maximum Gasteiger partial charge on any atom is 0.0994 e. The van der Waals surface area contributed by atoms with Crippen molar-refractivity contribution >= 4 is 5.69 Å². The van der Waals surface area contributed by atoms with Crippen molar-refractivity contribution in [1.29, 1.82) is 0 Å². The number of aromatic nitrogens is 2. The van der Waals surface area contributed by atoms with Gasteiger partial charge < -0.3 is 5.32 Å². The van der Waals surface area contributed by atoms with Crippen molar-refractivity contribution < 1.29 is 0 Å². The first-order valence-corrected chi connectivity index (χ1v) is 6.23. The Morgan fingerprint density at radius 3 is 2.82 bits per heavy atom. The lowest BCUT2D eigenvalue weighted by Crippen LogP contribution is -2.48. The summed E-state index contributed by atoms with van der Waals surface area (Å²) in [5, 5.41) is 7.78. The normalized spacial score (nSPS) is 21.1. The minimum atomic E-state index is 0.169. The molecule has 4 heteroatoms. The van der Waals surface area contributed by atoms with Crippen molar-refractivity contribution in [3.63, 3.8) is 0 Å². The van der Waals surface area contributed by atoms with Gasteiger partial charge in [-0.15, -0.1) is 0 Å². The number of nitrogens with one attached hydrogen (secondary N) is 1. The number of nitrogens with zero attached hydrogens (tertiary/aromatic N) is 3. The molecular formula is C13H22N4. The molecule has 0 aromatic carbocycles. The number of hydrogen-bond donors (Lipinski definition) is 1. The Morgan fingerprint density at radius 1 is 1.47 bits per heavy atom. The second-order valence-electron chi connectivity index (χ2n) is 5.43. The highest BCUT2D eigenvalue weighted by atomic mass is 15.3. The average molecular weight is 234 g/mol. The van der Waals surface area contributed by atoms with Gasteiger partial charge in [-0.3, -0.25) is 9.58 Å². The molecule has 1 atom stereocenters. The number of rotatable bonds is 3. The second-order valence-corrected chi connectivity index (χ2v) is 5.43. The molecule has 2 heterocycles. The quantitative estimate of drug-likeness (QED) is 0.815. The van der Waals surface area contributed by atoms with Gasteiger partial charge in [0.05, 0.1) is 18.1 Å². The molecule has 1 aliphatic rings. The van der Waals surface area contributed by atoms with E-state index in [1.807, 2.05) is 17.1 Å². The van der Waals surface area contributed by atoms with Crippen LogP contribution in [0.2, 0.25) is 0 Å². The molecule has 1 aliphatic heterocycles. The molecular weight excluding hydrogens is 212 g/mol. The van der Waals surface area contributed by atoms with Crippen LogP contribution >= 0.6 is 0 Å². The molecule has 0 fully saturated rings. The van der Waals surface area contributed by atoms with Crippen molar-refractivity contribution in [1.82, 2.24) is 14.7 Å². The van der Waals surface area contributed by atoms with E-state index in [0.29, 0.717) is 0 Å². The van der Waals surface area contributed by atoms with E-state index in [1.165, 1.54) is 0 Å². The highest BCUT2D eigenvalue weighted by Crippen LogP contribution is 2.23. The minimum Gasteiger partial charge on any atom is -0.364 e. The van der Waals surface area contributed by atoms with Crippen LogP contribution in [0.5, 0.6) is 0 Å². The summed E-state index contributed by atoms with van der Waals surface area (Å²) in [5.41, 5.74) is 1.25. The molecule has 1 aromatic rings. The van der Waals surface area contributed by atoms with Gasteiger partial charge in [0.2, 0.25) is 0 Å². The molecule has 1 aromatic heterocycles. The molecule has 0 saturated carbocycles. The predicted molar refractivity (Wildman–Crippen MR) is 70.9 cm³/mol. The Hall–Kier alpha value is -1.29. The first-order valence-electron chi connectivity index (χ1n) is 6.23. The van der Waals surface area contributed by atoms with Gasteiger partial charge in [0.1, 0.15) is 0 Å². The topological polar surface area (TPSA) is 33.1 Å². The molecule has 0 bridgehead atoms. The fraction of sp³-hybridized carbons (Fsp3) is 0.615. The summed E-state index contributed by atoms with van der Waals surface area (Å²) in [6.45, 7) is 10.7. The molecule has 94 valence electrons. The molecule has 0 radical (unpaired) electrons. The SMILES string of the molecule is CCn1cc(NC2C=CCN2C(C)(C)C)cn1. The maximum absolute atomic E-state index is 4.28. The van der Waals surface area contributed by atoms with E-state index in [1.54, 1.807) is 0 Å². The van der Waals surface area contributed by atoms with E-state index in [0.717, 1.165) is 18.8 Å². The molecule has 1 N–H and O–H groups in total. The van der Waals surface area contributed by atoms with Gasteiger partial charge in [-0.1, -0.05) is 12.2 Å². The second kappa shape index (κ2) is 4.53.